The first kappa shape index (κ1) is 21.9. The number of halogens is 1. The minimum Gasteiger partial charge on any atom is -0.388 e. The fourth-order valence-electron chi connectivity index (χ4n) is 2.98. The monoisotopic (exact) mass is 400 g/mol. The molecule has 2 heterocycles. The summed E-state index contributed by atoms with van der Waals surface area (Å²) in [6, 6.07) is 0. The maximum Gasteiger partial charge on any atom is 0.351 e. The zero-order valence-corrected chi connectivity index (χ0v) is 15.6. The van der Waals surface area contributed by atoms with Gasteiger partial charge in [0.05, 0.1) is 12.3 Å². The highest BCUT2D eigenvalue weighted by atomic mass is 19.1. The standard InChI is InChI=1S/C17H25FN4O6/c1-10-8-12(23)16(28-10)22-9-11(18)15(20-17(22)26)19-13(24)6-4-2-3-5-7-14(25)21-27/h9-10,12,16,23,27H,2-8H2,1H3,(H,21,25)(H,19,20,24,26)/t10?,12-,16?/m1/s1. The molecule has 0 bridgehead atoms. The molecule has 0 saturated carbocycles. The van der Waals surface area contributed by atoms with Crippen LogP contribution in [0.4, 0.5) is 10.2 Å². The van der Waals surface area contributed by atoms with Crippen molar-refractivity contribution < 1.29 is 29.0 Å². The van der Waals surface area contributed by atoms with E-state index in [9.17, 15) is 23.9 Å². The third kappa shape index (κ3) is 6.08. The van der Waals surface area contributed by atoms with E-state index in [4.69, 9.17) is 9.94 Å². The first-order chi connectivity index (χ1) is 13.3. The van der Waals surface area contributed by atoms with E-state index in [1.54, 1.807) is 12.4 Å². The van der Waals surface area contributed by atoms with Crippen LogP contribution in [0.5, 0.6) is 0 Å². The van der Waals surface area contributed by atoms with Gasteiger partial charge in [-0.1, -0.05) is 12.8 Å². The molecule has 1 saturated heterocycles. The number of carbonyl (C=O) groups is 2. The average molecular weight is 400 g/mol. The summed E-state index contributed by atoms with van der Waals surface area (Å²) >= 11 is 0. The number of nitrogens with one attached hydrogen (secondary N) is 2. The Labute approximate surface area is 160 Å². The predicted molar refractivity (Wildman–Crippen MR) is 94.9 cm³/mol. The molecule has 0 radical (unpaired) electrons. The second-order valence-electron chi connectivity index (χ2n) is 6.76. The van der Waals surface area contributed by atoms with Gasteiger partial charge >= 0.3 is 5.69 Å². The van der Waals surface area contributed by atoms with Gasteiger partial charge in [0.2, 0.25) is 11.8 Å². The molecule has 1 aromatic heterocycles. The van der Waals surface area contributed by atoms with E-state index in [1.165, 1.54) is 0 Å². The maximum atomic E-state index is 14.2. The van der Waals surface area contributed by atoms with Crippen LogP contribution in [0, 0.1) is 5.82 Å². The van der Waals surface area contributed by atoms with Crippen molar-refractivity contribution >= 4 is 17.6 Å². The van der Waals surface area contributed by atoms with Crippen molar-refractivity contribution in [3.8, 4) is 0 Å². The highest BCUT2D eigenvalue weighted by Crippen LogP contribution is 2.27. The number of nitrogens with zero attached hydrogens (tertiary/aromatic N) is 2. The van der Waals surface area contributed by atoms with Gasteiger partial charge in [-0.3, -0.25) is 19.4 Å². The van der Waals surface area contributed by atoms with Crippen molar-refractivity contribution in [2.24, 2.45) is 0 Å². The summed E-state index contributed by atoms with van der Waals surface area (Å²) in [6.45, 7) is 1.73. The van der Waals surface area contributed by atoms with E-state index >= 15 is 0 Å². The zero-order chi connectivity index (χ0) is 20.7. The molecular formula is C17H25FN4O6. The Morgan fingerprint density at radius 2 is 1.93 bits per heavy atom. The Kier molecular flexibility index (Phi) is 8.03. The van der Waals surface area contributed by atoms with E-state index in [1.807, 2.05) is 0 Å². The molecule has 4 N–H and O–H groups in total. The molecule has 0 aliphatic carbocycles. The Hall–Kier alpha value is -2.37. The van der Waals surface area contributed by atoms with Gasteiger partial charge in [-0.25, -0.2) is 14.7 Å². The number of amides is 2. The number of aliphatic hydroxyl groups excluding tert-OH is 1. The van der Waals surface area contributed by atoms with Crippen LogP contribution in [0.1, 0.15) is 58.1 Å². The number of rotatable bonds is 9. The molecule has 3 atom stereocenters. The van der Waals surface area contributed by atoms with Crippen molar-refractivity contribution in [2.45, 2.75) is 70.3 Å². The average Bonchev–Trinajstić information content (AvgIpc) is 2.98. The predicted octanol–water partition coefficient (Wildman–Crippen LogP) is 0.835. The number of hydrogen-bond donors (Lipinski definition) is 4. The molecule has 1 aromatic rings. The van der Waals surface area contributed by atoms with Crippen LogP contribution in [0.2, 0.25) is 0 Å². The van der Waals surface area contributed by atoms with Crippen LogP contribution < -0.4 is 16.5 Å². The van der Waals surface area contributed by atoms with Crippen molar-refractivity contribution in [3.05, 3.63) is 22.5 Å². The number of carbonyl (C=O) groups excluding carboxylic acids is 2. The largest absolute Gasteiger partial charge is 0.388 e. The number of hydroxylamine groups is 1. The Morgan fingerprint density at radius 3 is 2.50 bits per heavy atom. The van der Waals surface area contributed by atoms with Gasteiger partial charge < -0.3 is 15.2 Å². The Bertz CT molecular complexity index is 756. The number of aromatic nitrogens is 2. The molecule has 2 unspecified atom stereocenters. The van der Waals surface area contributed by atoms with Gasteiger partial charge in [-0.2, -0.15) is 4.98 Å². The number of unbranched alkanes of at least 4 members (excludes halogenated alkanes) is 3. The summed E-state index contributed by atoms with van der Waals surface area (Å²) in [4.78, 5) is 38.4. The van der Waals surface area contributed by atoms with Crippen molar-refractivity contribution in [1.82, 2.24) is 15.0 Å². The number of aliphatic hydroxyl groups is 1. The molecule has 1 aliphatic heterocycles. The van der Waals surface area contributed by atoms with Crippen LogP contribution >= 0.6 is 0 Å². The van der Waals surface area contributed by atoms with Crippen LogP contribution in [0.3, 0.4) is 0 Å². The minimum absolute atomic E-state index is 0.109. The molecule has 156 valence electrons. The van der Waals surface area contributed by atoms with E-state index in [2.05, 4.69) is 10.3 Å². The molecule has 11 heteroatoms. The maximum absolute atomic E-state index is 14.2. The van der Waals surface area contributed by atoms with Crippen LogP contribution in [-0.2, 0) is 14.3 Å². The van der Waals surface area contributed by atoms with Gasteiger partial charge in [0.1, 0.15) is 6.10 Å². The van der Waals surface area contributed by atoms with Gasteiger partial charge in [0.25, 0.3) is 0 Å². The van der Waals surface area contributed by atoms with Crippen molar-refractivity contribution in [3.63, 3.8) is 0 Å². The van der Waals surface area contributed by atoms with Gasteiger partial charge in [-0.05, 0) is 19.8 Å². The molecule has 0 aromatic carbocycles. The fraction of sp³-hybridized carbons (Fsp3) is 0.647. The fourth-order valence-corrected chi connectivity index (χ4v) is 2.98. The highest BCUT2D eigenvalue weighted by molar-refractivity contribution is 5.89. The molecule has 2 rings (SSSR count). The summed E-state index contributed by atoms with van der Waals surface area (Å²) in [5, 5.41) is 20.5. The molecule has 1 aliphatic rings. The topological polar surface area (TPSA) is 143 Å². The highest BCUT2D eigenvalue weighted by Gasteiger charge is 2.34. The molecule has 10 nitrogen and oxygen atoms in total. The van der Waals surface area contributed by atoms with E-state index < -0.39 is 41.5 Å². The summed E-state index contributed by atoms with van der Waals surface area (Å²) < 4.78 is 20.5. The molecule has 28 heavy (non-hydrogen) atoms. The molecule has 2 amide bonds. The molecule has 0 spiro atoms. The van der Waals surface area contributed by atoms with Gasteiger partial charge in [0, 0.05) is 19.3 Å². The zero-order valence-electron chi connectivity index (χ0n) is 15.6. The number of hydrogen-bond acceptors (Lipinski definition) is 7. The Morgan fingerprint density at radius 1 is 1.29 bits per heavy atom. The quantitative estimate of drug-likeness (QED) is 0.273. The number of anilines is 1. The summed E-state index contributed by atoms with van der Waals surface area (Å²) in [6.07, 6.45) is 1.74. The summed E-state index contributed by atoms with van der Waals surface area (Å²) in [5.41, 5.74) is 0.707. The van der Waals surface area contributed by atoms with Crippen LogP contribution in [0.15, 0.2) is 11.0 Å². The third-order valence-electron chi connectivity index (χ3n) is 4.40. The van der Waals surface area contributed by atoms with Gasteiger partial charge in [0.15, 0.2) is 17.9 Å². The van der Waals surface area contributed by atoms with Crippen LogP contribution in [0.25, 0.3) is 0 Å². The van der Waals surface area contributed by atoms with E-state index in [0.29, 0.717) is 32.1 Å². The Balaban J connectivity index is 1.84. The lowest BCUT2D eigenvalue weighted by molar-refractivity contribution is -0.129. The van der Waals surface area contributed by atoms with Crippen molar-refractivity contribution in [1.29, 1.82) is 0 Å². The summed E-state index contributed by atoms with van der Waals surface area (Å²) in [7, 11) is 0. The minimum atomic E-state index is -1.01. The van der Waals surface area contributed by atoms with E-state index in [0.717, 1.165) is 10.8 Å². The lowest BCUT2D eigenvalue weighted by Crippen LogP contribution is -2.33. The molecule has 1 fully saturated rings. The normalized spacial score (nSPS) is 21.5. The first-order valence-electron chi connectivity index (χ1n) is 9.16. The lowest BCUT2D eigenvalue weighted by Gasteiger charge is -2.17. The summed E-state index contributed by atoms with van der Waals surface area (Å²) in [5.74, 6) is -2.31. The molecular weight excluding hydrogens is 375 g/mol. The SMILES string of the molecule is CC1C[C@@H](O)C(n2cc(F)c(NC(=O)CCCCCCC(=O)NO)nc2=O)O1. The van der Waals surface area contributed by atoms with Crippen molar-refractivity contribution in [2.75, 3.05) is 5.32 Å². The van der Waals surface area contributed by atoms with Gasteiger partial charge in [-0.15, -0.1) is 0 Å². The lowest BCUT2D eigenvalue weighted by atomic mass is 10.1. The smallest absolute Gasteiger partial charge is 0.351 e. The second kappa shape index (κ2) is 10.2. The van der Waals surface area contributed by atoms with E-state index in [-0.39, 0.29) is 18.9 Å². The second-order valence-corrected chi connectivity index (χ2v) is 6.76. The number of ether oxygens (including phenoxy) is 1. The van der Waals surface area contributed by atoms with Crippen LogP contribution in [-0.4, -0.2) is 43.9 Å². The third-order valence-corrected chi connectivity index (χ3v) is 4.40. The first-order valence-corrected chi connectivity index (χ1v) is 9.16.